The van der Waals surface area contributed by atoms with Gasteiger partial charge in [-0.25, -0.2) is 0 Å². The molecule has 2 aromatic rings. The van der Waals surface area contributed by atoms with Gasteiger partial charge in [-0.1, -0.05) is 30.3 Å². The third-order valence-electron chi connectivity index (χ3n) is 3.33. The van der Waals surface area contributed by atoms with E-state index >= 15 is 0 Å². The molecule has 0 aliphatic heterocycles. The average molecular weight is 285 g/mol. The summed E-state index contributed by atoms with van der Waals surface area (Å²) < 4.78 is 11.1. The predicted octanol–water partition coefficient (Wildman–Crippen LogP) is 3.83. The van der Waals surface area contributed by atoms with E-state index in [1.54, 1.807) is 7.11 Å². The number of ether oxygens (including phenoxy) is 2. The van der Waals surface area contributed by atoms with Crippen LogP contribution in [0.2, 0.25) is 0 Å². The molecule has 0 radical (unpaired) electrons. The Labute approximate surface area is 126 Å². The first-order chi connectivity index (χ1) is 10.2. The lowest BCUT2D eigenvalue weighted by molar-refractivity contribution is 0.199. The van der Waals surface area contributed by atoms with E-state index in [4.69, 9.17) is 9.47 Å². The lowest BCUT2D eigenvalue weighted by atomic mass is 10.1. The Kier molecular flexibility index (Phi) is 5.78. The minimum atomic E-state index is 0.708. The van der Waals surface area contributed by atoms with Gasteiger partial charge >= 0.3 is 0 Å². The van der Waals surface area contributed by atoms with Gasteiger partial charge in [0.15, 0.2) is 0 Å². The molecule has 0 aliphatic carbocycles. The van der Waals surface area contributed by atoms with Crippen LogP contribution in [0.1, 0.15) is 16.7 Å². The van der Waals surface area contributed by atoms with Gasteiger partial charge in [-0.05, 0) is 37.1 Å². The number of hydrogen-bond donors (Lipinski definition) is 1. The maximum atomic E-state index is 6.11. The second-order valence-electron chi connectivity index (χ2n) is 5.15. The Morgan fingerprint density at radius 3 is 2.62 bits per heavy atom. The zero-order chi connectivity index (χ0) is 15.1. The highest BCUT2D eigenvalue weighted by Crippen LogP contribution is 2.28. The molecule has 3 heteroatoms. The first kappa shape index (κ1) is 15.5. The number of hydrogen-bond acceptors (Lipinski definition) is 3. The van der Waals surface area contributed by atoms with Crippen molar-refractivity contribution in [1.29, 1.82) is 0 Å². The molecule has 0 fully saturated rings. The monoisotopic (exact) mass is 285 g/mol. The first-order valence-electron chi connectivity index (χ1n) is 7.23. The molecule has 2 aromatic carbocycles. The largest absolute Gasteiger partial charge is 0.457 e. The number of rotatable bonds is 7. The summed E-state index contributed by atoms with van der Waals surface area (Å²) in [6.07, 6.45) is 0. The second-order valence-corrected chi connectivity index (χ2v) is 5.15. The van der Waals surface area contributed by atoms with Gasteiger partial charge in [-0.15, -0.1) is 0 Å². The normalized spacial score (nSPS) is 10.6. The summed E-state index contributed by atoms with van der Waals surface area (Å²) in [5.41, 5.74) is 3.49. The fourth-order valence-electron chi connectivity index (χ4n) is 2.08. The third kappa shape index (κ3) is 4.59. The lowest BCUT2D eigenvalue weighted by Gasteiger charge is -2.14. The zero-order valence-corrected chi connectivity index (χ0v) is 13.0. The Bertz CT molecular complexity index is 581. The van der Waals surface area contributed by atoms with E-state index in [9.17, 15) is 0 Å². The minimum absolute atomic E-state index is 0.708. The van der Waals surface area contributed by atoms with Crippen LogP contribution in [0.4, 0.5) is 0 Å². The van der Waals surface area contributed by atoms with Crippen LogP contribution in [0.25, 0.3) is 0 Å². The van der Waals surface area contributed by atoms with Crippen LogP contribution in [-0.4, -0.2) is 20.3 Å². The molecule has 112 valence electrons. The zero-order valence-electron chi connectivity index (χ0n) is 13.0. The summed E-state index contributed by atoms with van der Waals surface area (Å²) in [5, 5.41) is 3.35. The molecule has 0 aliphatic rings. The van der Waals surface area contributed by atoms with Crippen molar-refractivity contribution >= 4 is 0 Å². The smallest absolute Gasteiger partial charge is 0.131 e. The Balaban J connectivity index is 2.10. The van der Waals surface area contributed by atoms with E-state index in [0.717, 1.165) is 35.7 Å². The SMILES string of the molecule is COCCNCc1ccccc1Oc1cc(C)ccc1C. The van der Waals surface area contributed by atoms with E-state index in [-0.39, 0.29) is 0 Å². The van der Waals surface area contributed by atoms with Crippen LogP contribution in [0.15, 0.2) is 42.5 Å². The number of benzene rings is 2. The first-order valence-corrected chi connectivity index (χ1v) is 7.23. The van der Waals surface area contributed by atoms with Crippen LogP contribution in [0.3, 0.4) is 0 Å². The molecule has 0 amide bonds. The molecule has 0 bridgehead atoms. The maximum Gasteiger partial charge on any atom is 0.131 e. The highest BCUT2D eigenvalue weighted by atomic mass is 16.5. The molecule has 0 spiro atoms. The maximum absolute atomic E-state index is 6.11. The van der Waals surface area contributed by atoms with Crippen LogP contribution >= 0.6 is 0 Å². The van der Waals surface area contributed by atoms with Crippen molar-refractivity contribution in [3.63, 3.8) is 0 Å². The Hall–Kier alpha value is -1.84. The van der Waals surface area contributed by atoms with E-state index in [1.807, 2.05) is 18.2 Å². The summed E-state index contributed by atoms with van der Waals surface area (Å²) in [6.45, 7) is 6.44. The molecular weight excluding hydrogens is 262 g/mol. The van der Waals surface area contributed by atoms with Crippen molar-refractivity contribution in [3.8, 4) is 11.5 Å². The molecule has 0 unspecified atom stereocenters. The predicted molar refractivity (Wildman–Crippen MR) is 86.0 cm³/mol. The molecule has 1 N–H and O–H groups in total. The summed E-state index contributed by atoms with van der Waals surface area (Å²) in [5.74, 6) is 1.82. The van der Waals surface area contributed by atoms with E-state index in [2.05, 4.69) is 43.4 Å². The number of aryl methyl sites for hydroxylation is 2. The van der Waals surface area contributed by atoms with Crippen molar-refractivity contribution in [2.24, 2.45) is 0 Å². The quantitative estimate of drug-likeness (QED) is 0.784. The Morgan fingerprint density at radius 1 is 1.00 bits per heavy atom. The molecule has 0 aromatic heterocycles. The van der Waals surface area contributed by atoms with Gasteiger partial charge in [0.05, 0.1) is 6.61 Å². The molecule has 0 atom stereocenters. The van der Waals surface area contributed by atoms with E-state index in [0.29, 0.717) is 6.61 Å². The summed E-state index contributed by atoms with van der Waals surface area (Å²) in [4.78, 5) is 0. The van der Waals surface area contributed by atoms with E-state index < -0.39 is 0 Å². The summed E-state index contributed by atoms with van der Waals surface area (Å²) in [6, 6.07) is 14.4. The minimum Gasteiger partial charge on any atom is -0.457 e. The highest BCUT2D eigenvalue weighted by molar-refractivity contribution is 5.42. The van der Waals surface area contributed by atoms with Gasteiger partial charge in [-0.3, -0.25) is 0 Å². The van der Waals surface area contributed by atoms with Crippen molar-refractivity contribution in [2.45, 2.75) is 20.4 Å². The van der Waals surface area contributed by atoms with Crippen LogP contribution < -0.4 is 10.1 Å². The topological polar surface area (TPSA) is 30.5 Å². The molecule has 3 nitrogen and oxygen atoms in total. The standard InChI is InChI=1S/C18H23NO2/c1-14-8-9-15(2)18(12-14)21-17-7-5-4-6-16(17)13-19-10-11-20-3/h4-9,12,19H,10-11,13H2,1-3H3. The lowest BCUT2D eigenvalue weighted by Crippen LogP contribution is -2.18. The molecule has 2 rings (SSSR count). The van der Waals surface area contributed by atoms with Gasteiger partial charge in [0.25, 0.3) is 0 Å². The fraction of sp³-hybridized carbons (Fsp3) is 0.333. The average Bonchev–Trinajstić information content (AvgIpc) is 2.49. The van der Waals surface area contributed by atoms with Crippen molar-refractivity contribution in [2.75, 3.05) is 20.3 Å². The Morgan fingerprint density at radius 2 is 1.81 bits per heavy atom. The molecule has 21 heavy (non-hydrogen) atoms. The number of nitrogens with one attached hydrogen (secondary N) is 1. The number of methoxy groups -OCH3 is 1. The van der Waals surface area contributed by atoms with Crippen LogP contribution in [0.5, 0.6) is 11.5 Å². The highest BCUT2D eigenvalue weighted by Gasteiger charge is 2.06. The molecule has 0 saturated carbocycles. The molecule has 0 heterocycles. The van der Waals surface area contributed by atoms with Crippen molar-refractivity contribution < 1.29 is 9.47 Å². The van der Waals surface area contributed by atoms with Crippen molar-refractivity contribution in [1.82, 2.24) is 5.32 Å². The van der Waals surface area contributed by atoms with Crippen LogP contribution in [-0.2, 0) is 11.3 Å². The summed E-state index contributed by atoms with van der Waals surface area (Å²) >= 11 is 0. The van der Waals surface area contributed by atoms with Gasteiger partial charge in [0.2, 0.25) is 0 Å². The fourth-order valence-corrected chi connectivity index (χ4v) is 2.08. The molecule has 0 saturated heterocycles. The van der Waals surface area contributed by atoms with Gasteiger partial charge in [0.1, 0.15) is 11.5 Å². The number of para-hydroxylation sites is 1. The summed E-state index contributed by atoms with van der Waals surface area (Å²) in [7, 11) is 1.71. The van der Waals surface area contributed by atoms with Gasteiger partial charge in [-0.2, -0.15) is 0 Å². The third-order valence-corrected chi connectivity index (χ3v) is 3.33. The van der Waals surface area contributed by atoms with E-state index in [1.165, 1.54) is 5.56 Å². The van der Waals surface area contributed by atoms with Gasteiger partial charge in [0, 0.05) is 25.8 Å². The van der Waals surface area contributed by atoms with Crippen LogP contribution in [0, 0.1) is 13.8 Å². The molecular formula is C18H23NO2. The second kappa shape index (κ2) is 7.81. The van der Waals surface area contributed by atoms with Crippen molar-refractivity contribution in [3.05, 3.63) is 59.2 Å². The van der Waals surface area contributed by atoms with Gasteiger partial charge < -0.3 is 14.8 Å².